The molecule has 0 bridgehead atoms. The number of benzene rings is 1. The Bertz CT molecular complexity index is 566. The summed E-state index contributed by atoms with van der Waals surface area (Å²) in [5, 5.41) is 6.22. The van der Waals surface area contributed by atoms with Crippen molar-refractivity contribution in [3.8, 4) is 11.1 Å². The molecule has 0 fully saturated rings. The summed E-state index contributed by atoms with van der Waals surface area (Å²) >= 11 is 0. The number of anilines is 1. The normalized spacial score (nSPS) is 10.2. The van der Waals surface area contributed by atoms with Gasteiger partial charge in [0.25, 0.3) is 0 Å². The van der Waals surface area contributed by atoms with Crippen LogP contribution in [-0.4, -0.2) is 23.3 Å². The maximum Gasteiger partial charge on any atom is 0.337 e. The van der Waals surface area contributed by atoms with Gasteiger partial charge >= 0.3 is 5.97 Å². The molecule has 0 amide bonds. The molecule has 0 saturated heterocycles. The fourth-order valence-corrected chi connectivity index (χ4v) is 1.49. The second-order valence-electron chi connectivity index (χ2n) is 3.38. The van der Waals surface area contributed by atoms with E-state index in [0.717, 1.165) is 6.07 Å². The number of aromatic nitrogens is 2. The average molecular weight is 235 g/mol. The Hall–Kier alpha value is -2.37. The van der Waals surface area contributed by atoms with Gasteiger partial charge in [-0.15, -0.1) is 0 Å². The molecule has 1 heterocycles. The molecule has 0 atom stereocenters. The molecule has 88 valence electrons. The third-order valence-electron chi connectivity index (χ3n) is 2.35. The lowest BCUT2D eigenvalue weighted by Gasteiger charge is -2.04. The van der Waals surface area contributed by atoms with Crippen LogP contribution in [0.4, 0.5) is 10.2 Å². The van der Waals surface area contributed by atoms with Crippen LogP contribution in [0.5, 0.6) is 0 Å². The van der Waals surface area contributed by atoms with Gasteiger partial charge in [-0.1, -0.05) is 6.07 Å². The number of methoxy groups -OCH3 is 1. The highest BCUT2D eigenvalue weighted by Gasteiger charge is 2.13. The molecule has 0 aliphatic heterocycles. The molecular formula is C11H10FN3O2. The second kappa shape index (κ2) is 4.25. The van der Waals surface area contributed by atoms with Crippen LogP contribution >= 0.6 is 0 Å². The number of aromatic amines is 1. The maximum atomic E-state index is 13.8. The number of ether oxygens (including phenoxy) is 1. The van der Waals surface area contributed by atoms with E-state index >= 15 is 0 Å². The monoisotopic (exact) mass is 235 g/mol. The minimum atomic E-state index is -0.587. The van der Waals surface area contributed by atoms with E-state index in [9.17, 15) is 9.18 Å². The van der Waals surface area contributed by atoms with Gasteiger partial charge in [-0.05, 0) is 12.1 Å². The van der Waals surface area contributed by atoms with Crippen molar-refractivity contribution in [3.05, 3.63) is 35.8 Å². The Morgan fingerprint density at radius 3 is 2.76 bits per heavy atom. The fraction of sp³-hybridized carbons (Fsp3) is 0.0909. The van der Waals surface area contributed by atoms with Gasteiger partial charge < -0.3 is 10.5 Å². The number of hydrogen-bond donors (Lipinski definition) is 2. The summed E-state index contributed by atoms with van der Waals surface area (Å²) in [4.78, 5) is 11.2. The van der Waals surface area contributed by atoms with Crippen molar-refractivity contribution >= 4 is 11.8 Å². The van der Waals surface area contributed by atoms with Gasteiger partial charge in [0, 0.05) is 11.1 Å². The number of carbonyl (C=O) groups is 1. The maximum absolute atomic E-state index is 13.8. The second-order valence-corrected chi connectivity index (χ2v) is 3.38. The highest BCUT2D eigenvalue weighted by Crippen LogP contribution is 2.27. The Labute approximate surface area is 96.4 Å². The van der Waals surface area contributed by atoms with E-state index in [2.05, 4.69) is 14.9 Å². The van der Waals surface area contributed by atoms with Gasteiger partial charge in [0.15, 0.2) is 0 Å². The molecule has 3 N–H and O–H groups in total. The molecule has 0 aliphatic carbocycles. The van der Waals surface area contributed by atoms with Crippen LogP contribution in [0.15, 0.2) is 24.4 Å². The zero-order chi connectivity index (χ0) is 12.4. The molecule has 0 aliphatic rings. The van der Waals surface area contributed by atoms with E-state index in [1.54, 1.807) is 0 Å². The number of hydrogen-bond acceptors (Lipinski definition) is 4. The van der Waals surface area contributed by atoms with Crippen LogP contribution in [0.2, 0.25) is 0 Å². The number of nitrogens with two attached hydrogens (primary N) is 1. The Morgan fingerprint density at radius 2 is 2.24 bits per heavy atom. The SMILES string of the molecule is COC(=O)c1ccc(-c2cn[nH]c2N)c(F)c1. The summed E-state index contributed by atoms with van der Waals surface area (Å²) in [6.45, 7) is 0. The highest BCUT2D eigenvalue weighted by molar-refractivity contribution is 5.90. The Balaban J connectivity index is 2.46. The van der Waals surface area contributed by atoms with Crippen molar-refractivity contribution in [1.82, 2.24) is 10.2 Å². The molecule has 0 unspecified atom stereocenters. The first-order valence-electron chi connectivity index (χ1n) is 4.80. The summed E-state index contributed by atoms with van der Waals surface area (Å²) in [6.07, 6.45) is 1.42. The third kappa shape index (κ3) is 1.96. The van der Waals surface area contributed by atoms with Crippen molar-refractivity contribution in [3.63, 3.8) is 0 Å². The third-order valence-corrected chi connectivity index (χ3v) is 2.35. The predicted octanol–water partition coefficient (Wildman–Crippen LogP) is 1.58. The van der Waals surface area contributed by atoms with Gasteiger partial charge in [0.1, 0.15) is 11.6 Å². The average Bonchev–Trinajstić information content (AvgIpc) is 2.74. The van der Waals surface area contributed by atoms with Gasteiger partial charge in [-0.2, -0.15) is 5.10 Å². The van der Waals surface area contributed by atoms with Crippen LogP contribution in [0.3, 0.4) is 0 Å². The van der Waals surface area contributed by atoms with Crippen molar-refractivity contribution < 1.29 is 13.9 Å². The summed E-state index contributed by atoms with van der Waals surface area (Å²) in [7, 11) is 1.24. The minimum Gasteiger partial charge on any atom is -0.465 e. The number of rotatable bonds is 2. The smallest absolute Gasteiger partial charge is 0.337 e. The molecule has 2 rings (SSSR count). The van der Waals surface area contributed by atoms with E-state index in [1.165, 1.54) is 25.4 Å². The van der Waals surface area contributed by atoms with Crippen molar-refractivity contribution in [2.24, 2.45) is 0 Å². The van der Waals surface area contributed by atoms with Gasteiger partial charge in [-0.25, -0.2) is 9.18 Å². The first kappa shape index (κ1) is 11.1. The zero-order valence-corrected chi connectivity index (χ0v) is 9.03. The van der Waals surface area contributed by atoms with E-state index in [0.29, 0.717) is 5.56 Å². The standard InChI is InChI=1S/C11H10FN3O2/c1-17-11(16)6-2-3-7(9(12)4-6)8-5-14-15-10(8)13/h2-5H,1H3,(H3,13,14,15). The largest absolute Gasteiger partial charge is 0.465 e. The van der Waals surface area contributed by atoms with E-state index in [1.807, 2.05) is 0 Å². The molecule has 1 aromatic carbocycles. The molecule has 2 aromatic rings. The number of halogens is 1. The summed E-state index contributed by atoms with van der Waals surface area (Å²) in [5.41, 5.74) is 6.48. The number of nitrogen functional groups attached to an aromatic ring is 1. The predicted molar refractivity (Wildman–Crippen MR) is 59.7 cm³/mol. The highest BCUT2D eigenvalue weighted by atomic mass is 19.1. The van der Waals surface area contributed by atoms with Crippen LogP contribution in [0.25, 0.3) is 11.1 Å². The van der Waals surface area contributed by atoms with Crippen LogP contribution < -0.4 is 5.73 Å². The van der Waals surface area contributed by atoms with Crippen molar-refractivity contribution in [1.29, 1.82) is 0 Å². The number of nitrogens with zero attached hydrogens (tertiary/aromatic N) is 1. The molecule has 0 spiro atoms. The zero-order valence-electron chi connectivity index (χ0n) is 9.03. The molecular weight excluding hydrogens is 225 g/mol. The molecule has 0 saturated carbocycles. The number of carbonyl (C=O) groups excluding carboxylic acids is 1. The first-order chi connectivity index (χ1) is 8.13. The lowest BCUT2D eigenvalue weighted by molar-refractivity contribution is 0.0600. The van der Waals surface area contributed by atoms with E-state index in [4.69, 9.17) is 5.73 Å². The molecule has 0 radical (unpaired) electrons. The Kier molecular flexibility index (Phi) is 2.78. The molecule has 1 aromatic heterocycles. The summed E-state index contributed by atoms with van der Waals surface area (Å²) in [6, 6.07) is 4.03. The topological polar surface area (TPSA) is 81.0 Å². The van der Waals surface area contributed by atoms with Gasteiger partial charge in [0.2, 0.25) is 0 Å². The van der Waals surface area contributed by atoms with Crippen molar-refractivity contribution in [2.45, 2.75) is 0 Å². The van der Waals surface area contributed by atoms with E-state index < -0.39 is 11.8 Å². The quantitative estimate of drug-likeness (QED) is 0.774. The lowest BCUT2D eigenvalue weighted by Crippen LogP contribution is -2.02. The summed E-state index contributed by atoms with van der Waals surface area (Å²) < 4.78 is 18.3. The fourth-order valence-electron chi connectivity index (χ4n) is 1.49. The van der Waals surface area contributed by atoms with Gasteiger partial charge in [0.05, 0.1) is 18.9 Å². The Morgan fingerprint density at radius 1 is 1.47 bits per heavy atom. The number of nitrogens with one attached hydrogen (secondary N) is 1. The van der Waals surface area contributed by atoms with Crippen LogP contribution in [0, 0.1) is 5.82 Å². The summed E-state index contributed by atoms with van der Waals surface area (Å²) in [5.74, 6) is -0.869. The van der Waals surface area contributed by atoms with Crippen LogP contribution in [0.1, 0.15) is 10.4 Å². The minimum absolute atomic E-state index is 0.149. The lowest BCUT2D eigenvalue weighted by atomic mass is 10.1. The molecule has 17 heavy (non-hydrogen) atoms. The van der Waals surface area contributed by atoms with Crippen molar-refractivity contribution in [2.75, 3.05) is 12.8 Å². The molecule has 5 nitrogen and oxygen atoms in total. The number of H-pyrrole nitrogens is 1. The van der Waals surface area contributed by atoms with Gasteiger partial charge in [-0.3, -0.25) is 5.10 Å². The number of esters is 1. The van der Waals surface area contributed by atoms with E-state index in [-0.39, 0.29) is 16.9 Å². The molecule has 6 heteroatoms. The van der Waals surface area contributed by atoms with Crippen LogP contribution in [-0.2, 0) is 4.74 Å². The first-order valence-corrected chi connectivity index (χ1v) is 4.80.